The molecular weight excluding hydrogens is 645 g/mol. The van der Waals surface area contributed by atoms with E-state index in [0.717, 1.165) is 36.2 Å². The van der Waals surface area contributed by atoms with E-state index in [4.69, 9.17) is 15.8 Å². The van der Waals surface area contributed by atoms with E-state index >= 15 is 0 Å². The largest absolute Gasteiger partial charge is 0.417 e. The minimum atomic E-state index is -4.67. The van der Waals surface area contributed by atoms with Gasteiger partial charge in [0, 0.05) is 41.9 Å². The van der Waals surface area contributed by atoms with E-state index in [2.05, 4.69) is 10.3 Å². The number of benzene rings is 3. The Hall–Kier alpha value is -4.36. The highest BCUT2D eigenvalue weighted by molar-refractivity contribution is 7.87. The Balaban J connectivity index is 1.10. The summed E-state index contributed by atoms with van der Waals surface area (Å²) >= 11 is 5.70. The number of halogens is 4. The second-order valence-electron chi connectivity index (χ2n) is 11.2. The third-order valence-corrected chi connectivity index (χ3v) is 9.56. The molecule has 0 atom stereocenters. The fraction of sp³-hybridized carbons (Fsp3) is 0.281. The minimum absolute atomic E-state index is 0.0294. The van der Waals surface area contributed by atoms with Gasteiger partial charge in [0.15, 0.2) is 0 Å². The average molecular weight is 673 g/mol. The molecular formula is C32H28ClF3N4O5S. The van der Waals surface area contributed by atoms with Crippen molar-refractivity contribution in [3.05, 3.63) is 101 Å². The fourth-order valence-electron chi connectivity index (χ4n) is 5.37. The zero-order valence-electron chi connectivity index (χ0n) is 24.2. The first-order chi connectivity index (χ1) is 21.9. The molecule has 0 spiro atoms. The van der Waals surface area contributed by atoms with E-state index in [9.17, 15) is 31.2 Å². The molecule has 2 heterocycles. The Morgan fingerprint density at radius 3 is 2.33 bits per heavy atom. The highest BCUT2D eigenvalue weighted by Gasteiger charge is 2.35. The van der Waals surface area contributed by atoms with Gasteiger partial charge in [0.05, 0.1) is 28.8 Å². The standard InChI is InChI=1S/C32H28ClF3N4O5S/c33-28-11-6-22(17-27(28)32(34,35)36)31(42)39-14-12-24(13-15-39)40-19-37-18-29(40)20-4-9-25(10-5-20)45-46(43,44)26-3-1-2-21(16-26)30(41)38-23-7-8-23/h1-6,9-11,16-19,23-24H,7-8,12-15H2,(H,38,41). The zero-order chi connectivity index (χ0) is 32.6. The van der Waals surface area contributed by atoms with Crippen molar-refractivity contribution >= 4 is 33.5 Å². The molecule has 0 radical (unpaired) electrons. The van der Waals surface area contributed by atoms with E-state index in [-0.39, 0.29) is 39.8 Å². The van der Waals surface area contributed by atoms with Crippen LogP contribution in [0.1, 0.15) is 58.0 Å². The van der Waals surface area contributed by atoms with Gasteiger partial charge in [0.1, 0.15) is 10.6 Å². The van der Waals surface area contributed by atoms with E-state index in [1.54, 1.807) is 30.7 Å². The number of carbonyl (C=O) groups excluding carboxylic acids is 2. The van der Waals surface area contributed by atoms with E-state index < -0.39 is 32.8 Å². The van der Waals surface area contributed by atoms with Crippen LogP contribution in [0.4, 0.5) is 13.2 Å². The van der Waals surface area contributed by atoms with Crippen LogP contribution in [0.3, 0.4) is 0 Å². The molecule has 1 saturated carbocycles. The number of nitrogens with one attached hydrogen (secondary N) is 1. The Bertz CT molecular complexity index is 1880. The molecule has 14 heteroatoms. The number of nitrogens with zero attached hydrogens (tertiary/aromatic N) is 3. The maximum atomic E-state index is 13.3. The maximum Gasteiger partial charge on any atom is 0.417 e. The summed E-state index contributed by atoms with van der Waals surface area (Å²) in [6.45, 7) is 0.665. The molecule has 1 saturated heterocycles. The van der Waals surface area contributed by atoms with Crippen molar-refractivity contribution in [1.29, 1.82) is 0 Å². The van der Waals surface area contributed by atoms with Gasteiger partial charge in [-0.05, 0) is 86.3 Å². The number of hydrogen-bond donors (Lipinski definition) is 1. The first-order valence-corrected chi connectivity index (χ1v) is 16.3. The number of rotatable bonds is 8. The van der Waals surface area contributed by atoms with Crippen LogP contribution in [0.5, 0.6) is 5.75 Å². The van der Waals surface area contributed by atoms with Crippen LogP contribution in [-0.4, -0.2) is 53.8 Å². The van der Waals surface area contributed by atoms with Crippen molar-refractivity contribution in [2.45, 2.75) is 48.8 Å². The van der Waals surface area contributed by atoms with Crippen LogP contribution in [0.15, 0.2) is 84.1 Å². The number of aromatic nitrogens is 2. The summed E-state index contributed by atoms with van der Waals surface area (Å²) in [5.41, 5.74) is 0.626. The predicted octanol–water partition coefficient (Wildman–Crippen LogP) is 6.36. The Morgan fingerprint density at radius 2 is 1.65 bits per heavy atom. The van der Waals surface area contributed by atoms with Gasteiger partial charge < -0.3 is 19.0 Å². The lowest BCUT2D eigenvalue weighted by Gasteiger charge is -2.33. The molecule has 9 nitrogen and oxygen atoms in total. The zero-order valence-corrected chi connectivity index (χ0v) is 25.8. The summed E-state index contributed by atoms with van der Waals surface area (Å²) < 4.78 is 73.1. The lowest BCUT2D eigenvalue weighted by atomic mass is 10.0. The Morgan fingerprint density at radius 1 is 0.935 bits per heavy atom. The molecule has 46 heavy (non-hydrogen) atoms. The van der Waals surface area contributed by atoms with Crippen LogP contribution < -0.4 is 9.50 Å². The highest BCUT2D eigenvalue weighted by Crippen LogP contribution is 2.36. The summed E-state index contributed by atoms with van der Waals surface area (Å²) in [6.07, 6.45) is 1.59. The van der Waals surface area contributed by atoms with Gasteiger partial charge in [-0.2, -0.15) is 21.6 Å². The molecule has 2 amide bonds. The van der Waals surface area contributed by atoms with E-state index in [1.807, 2.05) is 4.57 Å². The molecule has 4 aromatic rings. The number of amides is 2. The number of imidazole rings is 1. The average Bonchev–Trinajstić information content (AvgIpc) is 3.72. The topological polar surface area (TPSA) is 111 Å². The molecule has 6 rings (SSSR count). The molecule has 3 aromatic carbocycles. The van der Waals surface area contributed by atoms with Crippen molar-refractivity contribution in [3.63, 3.8) is 0 Å². The van der Waals surface area contributed by atoms with Gasteiger partial charge in [-0.15, -0.1) is 0 Å². The molecule has 1 aliphatic carbocycles. The van der Waals surface area contributed by atoms with Crippen molar-refractivity contribution in [1.82, 2.24) is 19.8 Å². The summed E-state index contributed by atoms with van der Waals surface area (Å²) in [5.74, 6) is -0.741. The molecule has 0 unspecified atom stereocenters. The maximum absolute atomic E-state index is 13.3. The van der Waals surface area contributed by atoms with Gasteiger partial charge in [0.25, 0.3) is 11.8 Å². The molecule has 0 bridgehead atoms. The first kappa shape index (κ1) is 31.6. The molecule has 1 N–H and O–H groups in total. The van der Waals surface area contributed by atoms with Crippen LogP contribution in [0.25, 0.3) is 11.3 Å². The second-order valence-corrected chi connectivity index (χ2v) is 13.2. The van der Waals surface area contributed by atoms with Crippen LogP contribution in [-0.2, 0) is 16.3 Å². The monoisotopic (exact) mass is 672 g/mol. The SMILES string of the molecule is O=C(NC1CC1)c1cccc(S(=O)(=O)Oc2ccc(-c3cncn3C3CCN(C(=O)c4ccc(Cl)c(C(F)(F)F)c4)CC3)cc2)c1. The summed E-state index contributed by atoms with van der Waals surface area (Å²) in [7, 11) is -4.21. The molecule has 2 aliphatic rings. The highest BCUT2D eigenvalue weighted by atomic mass is 35.5. The van der Waals surface area contributed by atoms with Crippen LogP contribution in [0, 0.1) is 0 Å². The smallest absolute Gasteiger partial charge is 0.379 e. The Labute approximate surface area is 268 Å². The third-order valence-electron chi connectivity index (χ3n) is 7.98. The second kappa shape index (κ2) is 12.4. The van der Waals surface area contributed by atoms with Crippen LogP contribution in [0.2, 0.25) is 5.02 Å². The Kier molecular flexibility index (Phi) is 8.55. The van der Waals surface area contributed by atoms with Crippen LogP contribution >= 0.6 is 11.6 Å². The quantitative estimate of drug-likeness (QED) is 0.218. The summed E-state index contributed by atoms with van der Waals surface area (Å²) in [5, 5.41) is 2.37. The number of alkyl halides is 3. The molecule has 2 fully saturated rings. The summed E-state index contributed by atoms with van der Waals surface area (Å²) in [4.78, 5) is 31.0. The number of carbonyl (C=O) groups is 2. The minimum Gasteiger partial charge on any atom is -0.379 e. The van der Waals surface area contributed by atoms with E-state index in [1.165, 1.54) is 41.3 Å². The number of likely N-dealkylation sites (tertiary alicyclic amines) is 1. The fourth-order valence-corrected chi connectivity index (χ4v) is 6.57. The molecule has 240 valence electrons. The molecule has 1 aromatic heterocycles. The lowest BCUT2D eigenvalue weighted by Crippen LogP contribution is -2.39. The third kappa shape index (κ3) is 6.90. The van der Waals surface area contributed by atoms with Gasteiger partial charge in [0.2, 0.25) is 0 Å². The van der Waals surface area contributed by atoms with Gasteiger partial charge >= 0.3 is 16.3 Å². The number of hydrogen-bond acceptors (Lipinski definition) is 6. The predicted molar refractivity (Wildman–Crippen MR) is 163 cm³/mol. The van der Waals surface area contributed by atoms with Crippen molar-refractivity contribution in [3.8, 4) is 17.0 Å². The first-order valence-electron chi connectivity index (χ1n) is 14.5. The van der Waals surface area contributed by atoms with E-state index in [0.29, 0.717) is 25.9 Å². The van der Waals surface area contributed by atoms with Gasteiger partial charge in [-0.1, -0.05) is 17.7 Å². The van der Waals surface area contributed by atoms with Gasteiger partial charge in [-0.25, -0.2) is 4.98 Å². The van der Waals surface area contributed by atoms with Crippen molar-refractivity contribution in [2.24, 2.45) is 0 Å². The van der Waals surface area contributed by atoms with Gasteiger partial charge in [-0.3, -0.25) is 9.59 Å². The summed E-state index contributed by atoms with van der Waals surface area (Å²) in [6, 6.07) is 15.4. The number of piperidine rings is 1. The normalized spacial score (nSPS) is 15.9. The van der Waals surface area contributed by atoms with Crippen molar-refractivity contribution < 1.29 is 35.4 Å². The van der Waals surface area contributed by atoms with Crippen molar-refractivity contribution in [2.75, 3.05) is 13.1 Å². The molecule has 1 aliphatic heterocycles. The lowest BCUT2D eigenvalue weighted by molar-refractivity contribution is -0.137.